The third kappa shape index (κ3) is 3.78. The summed E-state index contributed by atoms with van der Waals surface area (Å²) in [5.41, 5.74) is 0. The Labute approximate surface area is 114 Å². The third-order valence-electron chi connectivity index (χ3n) is 3.36. The van der Waals surface area contributed by atoms with E-state index in [1.54, 1.807) is 0 Å². The van der Waals surface area contributed by atoms with Crippen LogP contribution in [0.3, 0.4) is 0 Å². The zero-order valence-corrected chi connectivity index (χ0v) is 11.8. The first-order valence-corrected chi connectivity index (χ1v) is 6.79. The number of aliphatic hydroxyl groups excluding tert-OH is 1. The van der Waals surface area contributed by atoms with Gasteiger partial charge in [-0.3, -0.25) is 4.90 Å². The van der Waals surface area contributed by atoms with Crippen molar-refractivity contribution in [2.24, 2.45) is 0 Å². The topological polar surface area (TPSA) is 55.7 Å². The summed E-state index contributed by atoms with van der Waals surface area (Å²) in [7, 11) is 3.90. The first kappa shape index (κ1) is 14.0. The van der Waals surface area contributed by atoms with Crippen LogP contribution in [0.4, 0.5) is 11.8 Å². The largest absolute Gasteiger partial charge is 0.396 e. The second kappa shape index (κ2) is 6.68. The monoisotopic (exact) mass is 265 g/mol. The predicted molar refractivity (Wildman–Crippen MR) is 76.7 cm³/mol. The Kier molecular flexibility index (Phi) is 4.93. The molecule has 1 aliphatic heterocycles. The first-order chi connectivity index (χ1) is 9.20. The highest BCUT2D eigenvalue weighted by Crippen LogP contribution is 2.15. The molecule has 0 aliphatic carbocycles. The van der Waals surface area contributed by atoms with Crippen molar-refractivity contribution in [3.05, 3.63) is 12.3 Å². The van der Waals surface area contributed by atoms with E-state index in [1.165, 1.54) is 0 Å². The summed E-state index contributed by atoms with van der Waals surface area (Å²) in [4.78, 5) is 15.4. The molecule has 0 unspecified atom stereocenters. The SMILES string of the molecule is CN(C)c1nccc(N2CCN(CCCO)CC2)n1. The lowest BCUT2D eigenvalue weighted by Gasteiger charge is -2.35. The van der Waals surface area contributed by atoms with Crippen LogP contribution >= 0.6 is 0 Å². The average Bonchev–Trinajstić information content (AvgIpc) is 2.46. The Bertz CT molecular complexity index is 390. The van der Waals surface area contributed by atoms with Crippen LogP contribution in [0.1, 0.15) is 6.42 Å². The molecule has 19 heavy (non-hydrogen) atoms. The minimum atomic E-state index is 0.276. The van der Waals surface area contributed by atoms with Crippen LogP contribution in [0, 0.1) is 0 Å². The summed E-state index contributed by atoms with van der Waals surface area (Å²) in [5, 5.41) is 8.85. The van der Waals surface area contributed by atoms with Gasteiger partial charge in [0.2, 0.25) is 5.95 Å². The molecule has 0 saturated carbocycles. The lowest BCUT2D eigenvalue weighted by atomic mass is 10.3. The van der Waals surface area contributed by atoms with Gasteiger partial charge >= 0.3 is 0 Å². The van der Waals surface area contributed by atoms with E-state index in [0.717, 1.165) is 50.9 Å². The Morgan fingerprint density at radius 2 is 2.00 bits per heavy atom. The van der Waals surface area contributed by atoms with Crippen molar-refractivity contribution in [2.75, 3.05) is 63.2 Å². The van der Waals surface area contributed by atoms with E-state index in [1.807, 2.05) is 31.3 Å². The molecule has 0 bridgehead atoms. The fraction of sp³-hybridized carbons (Fsp3) is 0.692. The van der Waals surface area contributed by atoms with E-state index in [2.05, 4.69) is 19.8 Å². The van der Waals surface area contributed by atoms with Crippen molar-refractivity contribution >= 4 is 11.8 Å². The summed E-state index contributed by atoms with van der Waals surface area (Å²) >= 11 is 0. The fourth-order valence-corrected chi connectivity index (χ4v) is 2.23. The minimum Gasteiger partial charge on any atom is -0.396 e. The van der Waals surface area contributed by atoms with Gasteiger partial charge < -0.3 is 14.9 Å². The van der Waals surface area contributed by atoms with Crippen molar-refractivity contribution in [2.45, 2.75) is 6.42 Å². The number of hydrogen-bond acceptors (Lipinski definition) is 6. The molecule has 1 aliphatic rings. The van der Waals surface area contributed by atoms with Gasteiger partial charge in [0.05, 0.1) is 0 Å². The smallest absolute Gasteiger partial charge is 0.226 e. The van der Waals surface area contributed by atoms with Crippen LogP contribution in [0.2, 0.25) is 0 Å². The summed E-state index contributed by atoms with van der Waals surface area (Å²) in [6.45, 7) is 5.28. The summed E-state index contributed by atoms with van der Waals surface area (Å²) in [6, 6.07) is 1.97. The Balaban J connectivity index is 1.92. The number of anilines is 2. The number of aliphatic hydroxyl groups is 1. The lowest BCUT2D eigenvalue weighted by molar-refractivity contribution is 0.215. The standard InChI is InChI=1S/C13H23N5O/c1-16(2)13-14-5-4-12(15-13)18-9-7-17(8-10-18)6-3-11-19/h4-5,19H,3,6-11H2,1-2H3. The molecule has 1 aromatic heterocycles. The summed E-state index contributed by atoms with van der Waals surface area (Å²) in [6.07, 6.45) is 2.67. The number of piperazine rings is 1. The molecule has 6 nitrogen and oxygen atoms in total. The highest BCUT2D eigenvalue weighted by atomic mass is 16.3. The summed E-state index contributed by atoms with van der Waals surface area (Å²) in [5.74, 6) is 1.75. The van der Waals surface area contributed by atoms with Crippen LogP contribution in [-0.4, -0.2) is 73.4 Å². The van der Waals surface area contributed by atoms with Gasteiger partial charge in [0.15, 0.2) is 0 Å². The second-order valence-electron chi connectivity index (χ2n) is 5.02. The van der Waals surface area contributed by atoms with E-state index < -0.39 is 0 Å². The second-order valence-corrected chi connectivity index (χ2v) is 5.02. The summed E-state index contributed by atoms with van der Waals surface area (Å²) < 4.78 is 0. The van der Waals surface area contributed by atoms with Crippen LogP contribution < -0.4 is 9.80 Å². The van der Waals surface area contributed by atoms with Crippen LogP contribution in [0.15, 0.2) is 12.3 Å². The van der Waals surface area contributed by atoms with Crippen LogP contribution in [0.5, 0.6) is 0 Å². The van der Waals surface area contributed by atoms with Crippen molar-refractivity contribution in [1.82, 2.24) is 14.9 Å². The fourth-order valence-electron chi connectivity index (χ4n) is 2.23. The Morgan fingerprint density at radius 3 is 2.63 bits per heavy atom. The molecule has 0 radical (unpaired) electrons. The van der Waals surface area contributed by atoms with E-state index >= 15 is 0 Å². The van der Waals surface area contributed by atoms with Crippen molar-refractivity contribution in [3.63, 3.8) is 0 Å². The average molecular weight is 265 g/mol. The van der Waals surface area contributed by atoms with Gasteiger partial charge in [-0.1, -0.05) is 0 Å². The molecule has 1 N–H and O–H groups in total. The zero-order chi connectivity index (χ0) is 13.7. The highest BCUT2D eigenvalue weighted by molar-refractivity contribution is 5.43. The predicted octanol–water partition coefficient (Wildman–Crippen LogP) is 0.0470. The zero-order valence-electron chi connectivity index (χ0n) is 11.8. The van der Waals surface area contributed by atoms with E-state index in [0.29, 0.717) is 0 Å². The van der Waals surface area contributed by atoms with Gasteiger partial charge in [0, 0.05) is 59.6 Å². The van der Waals surface area contributed by atoms with E-state index in [9.17, 15) is 0 Å². The number of nitrogens with zero attached hydrogens (tertiary/aromatic N) is 5. The molecule has 6 heteroatoms. The van der Waals surface area contributed by atoms with Crippen molar-refractivity contribution in [1.29, 1.82) is 0 Å². The van der Waals surface area contributed by atoms with Crippen molar-refractivity contribution < 1.29 is 5.11 Å². The maximum Gasteiger partial charge on any atom is 0.226 e. The molecular weight excluding hydrogens is 242 g/mol. The van der Waals surface area contributed by atoms with Gasteiger partial charge in [0.1, 0.15) is 5.82 Å². The molecule has 2 heterocycles. The molecule has 0 atom stereocenters. The maximum atomic E-state index is 8.85. The van der Waals surface area contributed by atoms with Gasteiger partial charge in [-0.2, -0.15) is 4.98 Å². The molecule has 0 spiro atoms. The van der Waals surface area contributed by atoms with Crippen LogP contribution in [0.25, 0.3) is 0 Å². The quantitative estimate of drug-likeness (QED) is 0.812. The Hall–Kier alpha value is -1.40. The molecule has 1 aromatic rings. The van der Waals surface area contributed by atoms with E-state index in [-0.39, 0.29) is 6.61 Å². The molecule has 1 saturated heterocycles. The first-order valence-electron chi connectivity index (χ1n) is 6.79. The molecule has 1 fully saturated rings. The van der Waals surface area contributed by atoms with Gasteiger partial charge in [-0.15, -0.1) is 0 Å². The third-order valence-corrected chi connectivity index (χ3v) is 3.36. The normalized spacial score (nSPS) is 16.7. The Morgan fingerprint density at radius 1 is 1.26 bits per heavy atom. The molecule has 2 rings (SSSR count). The lowest BCUT2D eigenvalue weighted by Crippen LogP contribution is -2.47. The molecule has 106 valence electrons. The van der Waals surface area contributed by atoms with E-state index in [4.69, 9.17) is 5.11 Å². The van der Waals surface area contributed by atoms with Gasteiger partial charge in [0.25, 0.3) is 0 Å². The highest BCUT2D eigenvalue weighted by Gasteiger charge is 2.18. The van der Waals surface area contributed by atoms with Gasteiger partial charge in [-0.05, 0) is 12.5 Å². The molecule has 0 aromatic carbocycles. The molecular formula is C13H23N5O. The van der Waals surface area contributed by atoms with Crippen molar-refractivity contribution in [3.8, 4) is 0 Å². The maximum absolute atomic E-state index is 8.85. The van der Waals surface area contributed by atoms with Gasteiger partial charge in [-0.25, -0.2) is 4.98 Å². The number of rotatable bonds is 5. The minimum absolute atomic E-state index is 0.276. The number of hydrogen-bond donors (Lipinski definition) is 1. The molecule has 0 amide bonds. The van der Waals surface area contributed by atoms with Crippen LogP contribution in [-0.2, 0) is 0 Å². The number of aromatic nitrogens is 2.